The third kappa shape index (κ3) is 3.34. The van der Waals surface area contributed by atoms with Gasteiger partial charge in [-0.2, -0.15) is 0 Å². The van der Waals surface area contributed by atoms with Gasteiger partial charge in [0.1, 0.15) is 5.82 Å². The summed E-state index contributed by atoms with van der Waals surface area (Å²) in [5.41, 5.74) is 8.36. The highest BCUT2D eigenvalue weighted by Crippen LogP contribution is 2.19. The minimum Gasteiger partial charge on any atom is -0.328 e. The third-order valence-corrected chi connectivity index (χ3v) is 4.37. The van der Waals surface area contributed by atoms with Gasteiger partial charge in [0.2, 0.25) is 0 Å². The number of aromatic nitrogens is 2. The zero-order valence-electron chi connectivity index (χ0n) is 12.6. The molecule has 1 heterocycles. The largest absolute Gasteiger partial charge is 0.328 e. The summed E-state index contributed by atoms with van der Waals surface area (Å²) in [4.78, 5) is 4.47. The summed E-state index contributed by atoms with van der Waals surface area (Å²) in [5.74, 6) is 1.03. The Morgan fingerprint density at radius 2 is 1.90 bits per heavy atom. The van der Waals surface area contributed by atoms with Gasteiger partial charge in [-0.1, -0.05) is 18.2 Å². The highest BCUT2D eigenvalue weighted by molar-refractivity contribution is 5.35. The molecule has 4 nitrogen and oxygen atoms in total. The molecule has 2 aromatic rings. The van der Waals surface area contributed by atoms with Gasteiger partial charge < -0.3 is 11.1 Å². The number of rotatable bonds is 4. The second-order valence-corrected chi connectivity index (χ2v) is 5.96. The van der Waals surface area contributed by atoms with Crippen LogP contribution in [-0.2, 0) is 6.54 Å². The second kappa shape index (κ2) is 6.41. The van der Waals surface area contributed by atoms with Crippen LogP contribution in [0, 0.1) is 6.92 Å². The van der Waals surface area contributed by atoms with Crippen molar-refractivity contribution in [3.05, 3.63) is 48.0 Å². The monoisotopic (exact) mass is 284 g/mol. The van der Waals surface area contributed by atoms with Crippen molar-refractivity contribution in [2.75, 3.05) is 0 Å². The van der Waals surface area contributed by atoms with Crippen LogP contribution in [0.3, 0.4) is 0 Å². The molecule has 1 aromatic heterocycles. The molecule has 3 N–H and O–H groups in total. The van der Waals surface area contributed by atoms with Crippen LogP contribution < -0.4 is 11.1 Å². The Hall–Kier alpha value is -1.65. The van der Waals surface area contributed by atoms with Crippen molar-refractivity contribution in [2.24, 2.45) is 5.73 Å². The normalized spacial score (nSPS) is 22.4. The van der Waals surface area contributed by atoms with Gasteiger partial charge in [0.15, 0.2) is 0 Å². The average Bonchev–Trinajstić information content (AvgIpc) is 2.88. The van der Waals surface area contributed by atoms with E-state index in [4.69, 9.17) is 5.73 Å². The molecule has 0 saturated heterocycles. The Morgan fingerprint density at radius 1 is 1.19 bits per heavy atom. The highest BCUT2D eigenvalue weighted by Gasteiger charge is 2.18. The summed E-state index contributed by atoms with van der Waals surface area (Å²) >= 11 is 0. The Labute approximate surface area is 126 Å². The van der Waals surface area contributed by atoms with Gasteiger partial charge in [0.05, 0.1) is 11.9 Å². The van der Waals surface area contributed by atoms with Crippen molar-refractivity contribution in [2.45, 2.75) is 51.2 Å². The number of nitrogens with two attached hydrogens (primary N) is 1. The van der Waals surface area contributed by atoms with Crippen molar-refractivity contribution >= 4 is 0 Å². The zero-order chi connectivity index (χ0) is 14.7. The highest BCUT2D eigenvalue weighted by atomic mass is 15.1. The van der Waals surface area contributed by atoms with E-state index in [2.05, 4.69) is 46.1 Å². The number of aryl methyl sites for hydroxylation is 1. The van der Waals surface area contributed by atoms with E-state index in [9.17, 15) is 0 Å². The van der Waals surface area contributed by atoms with E-state index in [1.54, 1.807) is 0 Å². The topological polar surface area (TPSA) is 55.9 Å². The van der Waals surface area contributed by atoms with E-state index in [1.165, 1.54) is 24.2 Å². The van der Waals surface area contributed by atoms with Gasteiger partial charge in [-0.3, -0.25) is 4.57 Å². The van der Waals surface area contributed by atoms with Crippen molar-refractivity contribution in [3.8, 4) is 5.69 Å². The number of nitrogens with one attached hydrogen (secondary N) is 1. The summed E-state index contributed by atoms with van der Waals surface area (Å²) in [7, 11) is 0. The lowest BCUT2D eigenvalue weighted by Crippen LogP contribution is -2.37. The Kier molecular flexibility index (Phi) is 4.36. The van der Waals surface area contributed by atoms with Gasteiger partial charge >= 0.3 is 0 Å². The first kappa shape index (κ1) is 14.3. The van der Waals surface area contributed by atoms with Crippen molar-refractivity contribution in [3.63, 3.8) is 0 Å². The Balaban J connectivity index is 1.69. The molecule has 1 aliphatic rings. The standard InChI is InChI=1S/C17H24N4/c1-13-19-11-17(21(13)16-5-3-2-4-6-16)12-20-15-9-7-14(18)8-10-15/h2-6,11,14-15,20H,7-10,12,18H2,1H3. The van der Waals surface area contributed by atoms with Crippen molar-refractivity contribution in [1.29, 1.82) is 0 Å². The summed E-state index contributed by atoms with van der Waals surface area (Å²) in [5, 5.41) is 3.67. The minimum atomic E-state index is 0.403. The predicted octanol–water partition coefficient (Wildman–Crippen LogP) is 2.54. The van der Waals surface area contributed by atoms with Gasteiger partial charge in [0, 0.05) is 24.3 Å². The number of hydrogen-bond acceptors (Lipinski definition) is 3. The molecule has 1 fully saturated rings. The van der Waals surface area contributed by atoms with Crippen LogP contribution in [0.5, 0.6) is 0 Å². The Bertz CT molecular complexity index is 568. The molecule has 0 amide bonds. The fourth-order valence-corrected chi connectivity index (χ4v) is 3.12. The van der Waals surface area contributed by atoms with Crippen LogP contribution in [0.2, 0.25) is 0 Å². The maximum atomic E-state index is 5.97. The molecule has 112 valence electrons. The van der Waals surface area contributed by atoms with E-state index < -0.39 is 0 Å². The molecule has 0 unspecified atom stereocenters. The summed E-state index contributed by atoms with van der Waals surface area (Å²) in [6, 6.07) is 11.4. The van der Waals surface area contributed by atoms with Crippen LogP contribution in [0.4, 0.5) is 0 Å². The predicted molar refractivity (Wildman–Crippen MR) is 85.4 cm³/mol. The summed E-state index contributed by atoms with van der Waals surface area (Å²) in [6.45, 7) is 2.91. The number of imidazole rings is 1. The lowest BCUT2D eigenvalue weighted by atomic mass is 9.92. The van der Waals surface area contributed by atoms with Gasteiger partial charge in [-0.15, -0.1) is 0 Å². The van der Waals surface area contributed by atoms with E-state index in [-0.39, 0.29) is 0 Å². The van der Waals surface area contributed by atoms with Crippen LogP contribution in [-0.4, -0.2) is 21.6 Å². The first-order chi connectivity index (χ1) is 10.2. The molecule has 1 aromatic carbocycles. The maximum Gasteiger partial charge on any atom is 0.110 e. The summed E-state index contributed by atoms with van der Waals surface area (Å²) < 4.78 is 2.22. The minimum absolute atomic E-state index is 0.403. The molecule has 0 atom stereocenters. The van der Waals surface area contributed by atoms with Crippen LogP contribution >= 0.6 is 0 Å². The molecular weight excluding hydrogens is 260 g/mol. The van der Waals surface area contributed by atoms with Gasteiger partial charge in [-0.25, -0.2) is 4.98 Å². The SMILES string of the molecule is Cc1ncc(CNC2CCC(N)CC2)n1-c1ccccc1. The van der Waals surface area contributed by atoms with Crippen molar-refractivity contribution < 1.29 is 0 Å². The number of nitrogens with zero attached hydrogens (tertiary/aromatic N) is 2. The number of para-hydroxylation sites is 1. The molecule has 1 aliphatic carbocycles. The number of hydrogen-bond donors (Lipinski definition) is 2. The maximum absolute atomic E-state index is 5.97. The van der Waals surface area contributed by atoms with Crippen molar-refractivity contribution in [1.82, 2.24) is 14.9 Å². The molecule has 0 spiro atoms. The van der Waals surface area contributed by atoms with Crippen LogP contribution in [0.15, 0.2) is 36.5 Å². The fourth-order valence-electron chi connectivity index (χ4n) is 3.12. The third-order valence-electron chi connectivity index (χ3n) is 4.37. The molecule has 0 aliphatic heterocycles. The van der Waals surface area contributed by atoms with Gasteiger partial charge in [-0.05, 0) is 44.7 Å². The first-order valence-corrected chi connectivity index (χ1v) is 7.81. The second-order valence-electron chi connectivity index (χ2n) is 5.96. The number of benzene rings is 1. The lowest BCUT2D eigenvalue weighted by Gasteiger charge is -2.27. The summed E-state index contributed by atoms with van der Waals surface area (Å²) in [6.07, 6.45) is 6.60. The van der Waals surface area contributed by atoms with Crippen LogP contribution in [0.1, 0.15) is 37.2 Å². The molecule has 4 heteroatoms. The van der Waals surface area contributed by atoms with Crippen LogP contribution in [0.25, 0.3) is 5.69 Å². The Morgan fingerprint density at radius 3 is 2.62 bits per heavy atom. The molecule has 0 radical (unpaired) electrons. The molecule has 21 heavy (non-hydrogen) atoms. The smallest absolute Gasteiger partial charge is 0.110 e. The van der Waals surface area contributed by atoms with E-state index >= 15 is 0 Å². The fraction of sp³-hybridized carbons (Fsp3) is 0.471. The zero-order valence-corrected chi connectivity index (χ0v) is 12.6. The molecule has 0 bridgehead atoms. The molecule has 3 rings (SSSR count). The van der Waals surface area contributed by atoms with E-state index in [1.807, 2.05) is 12.3 Å². The lowest BCUT2D eigenvalue weighted by molar-refractivity contribution is 0.340. The van der Waals surface area contributed by atoms with Gasteiger partial charge in [0.25, 0.3) is 0 Å². The quantitative estimate of drug-likeness (QED) is 0.907. The average molecular weight is 284 g/mol. The first-order valence-electron chi connectivity index (χ1n) is 7.81. The molecular formula is C17H24N4. The molecule has 1 saturated carbocycles. The van der Waals surface area contributed by atoms with E-state index in [0.717, 1.165) is 25.2 Å². The van der Waals surface area contributed by atoms with E-state index in [0.29, 0.717) is 12.1 Å².